The first-order valence-electron chi connectivity index (χ1n) is 4.67. The third-order valence-corrected chi connectivity index (χ3v) is 2.32. The van der Waals surface area contributed by atoms with Crippen molar-refractivity contribution >= 4 is 5.97 Å². The van der Waals surface area contributed by atoms with E-state index < -0.39 is 5.97 Å². The van der Waals surface area contributed by atoms with Gasteiger partial charge in [-0.2, -0.15) is 0 Å². The molecule has 5 nitrogen and oxygen atoms in total. The Labute approximate surface area is 81.1 Å². The van der Waals surface area contributed by atoms with E-state index in [1.54, 1.807) is 6.20 Å². The Bertz CT molecular complexity index is 329. The van der Waals surface area contributed by atoms with Gasteiger partial charge < -0.3 is 14.8 Å². The number of carboxylic acids is 1. The van der Waals surface area contributed by atoms with E-state index in [0.29, 0.717) is 0 Å². The lowest BCUT2D eigenvalue weighted by molar-refractivity contribution is 0.0125. The molecule has 1 aromatic heterocycles. The number of nitrogens with one attached hydrogen (secondary N) is 1. The average molecular weight is 196 g/mol. The average Bonchev–Trinajstić information content (AvgIpc) is 2.68. The second-order valence-corrected chi connectivity index (χ2v) is 3.35. The van der Waals surface area contributed by atoms with E-state index in [0.717, 1.165) is 31.6 Å². The van der Waals surface area contributed by atoms with Gasteiger partial charge in [-0.1, -0.05) is 0 Å². The molecular formula is C9H12N2O3. The van der Waals surface area contributed by atoms with Gasteiger partial charge >= 0.3 is 5.97 Å². The lowest BCUT2D eigenvalue weighted by Crippen LogP contribution is -2.12. The van der Waals surface area contributed by atoms with E-state index in [9.17, 15) is 4.79 Å². The zero-order valence-corrected chi connectivity index (χ0v) is 7.69. The standard InChI is InChI=1S/C9H12N2O3/c12-9(13)8-10-5-6(11-8)7-3-1-2-4-14-7/h5,7H,1-4H2,(H,10,11)(H,12,13). The minimum absolute atomic E-state index is 0.00986. The summed E-state index contributed by atoms with van der Waals surface area (Å²) in [6.45, 7) is 0.742. The molecule has 0 radical (unpaired) electrons. The molecule has 1 aliphatic rings. The van der Waals surface area contributed by atoms with Gasteiger partial charge in [0, 0.05) is 6.61 Å². The van der Waals surface area contributed by atoms with Crippen LogP contribution in [0.4, 0.5) is 0 Å². The molecule has 1 aromatic rings. The third kappa shape index (κ3) is 1.77. The van der Waals surface area contributed by atoms with E-state index in [2.05, 4.69) is 9.97 Å². The predicted octanol–water partition coefficient (Wildman–Crippen LogP) is 1.35. The van der Waals surface area contributed by atoms with Crippen LogP contribution in [0.1, 0.15) is 41.7 Å². The summed E-state index contributed by atoms with van der Waals surface area (Å²) < 4.78 is 5.49. The number of hydrogen-bond acceptors (Lipinski definition) is 3. The van der Waals surface area contributed by atoms with Crippen molar-refractivity contribution in [3.8, 4) is 0 Å². The Morgan fingerprint density at radius 3 is 3.07 bits per heavy atom. The van der Waals surface area contributed by atoms with E-state index in [1.165, 1.54) is 0 Å². The number of carboxylic acid groups (broad SMARTS) is 1. The summed E-state index contributed by atoms with van der Waals surface area (Å²) >= 11 is 0. The molecule has 1 fully saturated rings. The van der Waals surface area contributed by atoms with Crippen LogP contribution in [0, 0.1) is 0 Å². The second-order valence-electron chi connectivity index (χ2n) is 3.35. The maximum Gasteiger partial charge on any atom is 0.371 e. The number of aromatic nitrogens is 2. The van der Waals surface area contributed by atoms with Gasteiger partial charge in [-0.3, -0.25) is 0 Å². The molecule has 0 saturated carbocycles. The van der Waals surface area contributed by atoms with Crippen LogP contribution in [0.5, 0.6) is 0 Å². The number of hydrogen-bond donors (Lipinski definition) is 2. The van der Waals surface area contributed by atoms with Gasteiger partial charge in [0.15, 0.2) is 0 Å². The highest BCUT2D eigenvalue weighted by atomic mass is 16.5. The normalized spacial score (nSPS) is 22.1. The summed E-state index contributed by atoms with van der Waals surface area (Å²) in [5.41, 5.74) is 0.766. The molecule has 0 bridgehead atoms. The zero-order valence-electron chi connectivity index (χ0n) is 7.69. The van der Waals surface area contributed by atoms with Crippen molar-refractivity contribution in [2.75, 3.05) is 6.61 Å². The molecule has 0 aliphatic carbocycles. The summed E-state index contributed by atoms with van der Waals surface area (Å²) in [5.74, 6) is -1.05. The van der Waals surface area contributed by atoms with Gasteiger partial charge in [0.2, 0.25) is 5.82 Å². The topological polar surface area (TPSA) is 75.2 Å². The highest BCUT2D eigenvalue weighted by Crippen LogP contribution is 2.26. The smallest absolute Gasteiger partial charge is 0.371 e. The molecule has 0 aromatic carbocycles. The van der Waals surface area contributed by atoms with Crippen molar-refractivity contribution in [1.29, 1.82) is 0 Å². The summed E-state index contributed by atoms with van der Waals surface area (Å²) in [5, 5.41) is 8.66. The lowest BCUT2D eigenvalue weighted by atomic mass is 10.1. The molecule has 1 aliphatic heterocycles. The number of ether oxygens (including phenoxy) is 1. The van der Waals surface area contributed by atoms with Gasteiger partial charge in [-0.05, 0) is 19.3 Å². The second kappa shape index (κ2) is 3.79. The number of aromatic amines is 1. The fourth-order valence-corrected chi connectivity index (χ4v) is 1.59. The molecule has 1 atom stereocenters. The Balaban J connectivity index is 2.11. The van der Waals surface area contributed by atoms with E-state index in [-0.39, 0.29) is 11.9 Å². The number of rotatable bonds is 2. The molecule has 1 saturated heterocycles. The number of nitrogens with zero attached hydrogens (tertiary/aromatic N) is 1. The Kier molecular flexibility index (Phi) is 2.49. The Hall–Kier alpha value is -1.36. The van der Waals surface area contributed by atoms with Crippen LogP contribution >= 0.6 is 0 Å². The fraction of sp³-hybridized carbons (Fsp3) is 0.556. The Morgan fingerprint density at radius 2 is 2.50 bits per heavy atom. The fourth-order valence-electron chi connectivity index (χ4n) is 1.59. The van der Waals surface area contributed by atoms with E-state index in [1.807, 2.05) is 0 Å². The molecule has 0 amide bonds. The number of aromatic carboxylic acids is 1. The minimum Gasteiger partial charge on any atom is -0.475 e. The van der Waals surface area contributed by atoms with E-state index in [4.69, 9.17) is 9.84 Å². The third-order valence-electron chi connectivity index (χ3n) is 2.32. The molecule has 2 heterocycles. The SMILES string of the molecule is O=C(O)c1ncc(C2CCCCO2)[nH]1. The first-order chi connectivity index (χ1) is 6.77. The van der Waals surface area contributed by atoms with Crippen LogP contribution < -0.4 is 0 Å². The first-order valence-corrected chi connectivity index (χ1v) is 4.67. The monoisotopic (exact) mass is 196 g/mol. The number of carbonyl (C=O) groups is 1. The van der Waals surface area contributed by atoms with Crippen LogP contribution in [0.2, 0.25) is 0 Å². The summed E-state index contributed by atoms with van der Waals surface area (Å²) in [4.78, 5) is 17.1. The molecule has 5 heteroatoms. The molecule has 1 unspecified atom stereocenters. The van der Waals surface area contributed by atoms with Crippen LogP contribution in [0.15, 0.2) is 6.20 Å². The quantitative estimate of drug-likeness (QED) is 0.748. The maximum atomic E-state index is 10.6. The molecule has 14 heavy (non-hydrogen) atoms. The number of imidazole rings is 1. The maximum absolute atomic E-state index is 10.6. The van der Waals surface area contributed by atoms with Crippen molar-refractivity contribution in [1.82, 2.24) is 9.97 Å². The highest BCUT2D eigenvalue weighted by molar-refractivity contribution is 5.83. The van der Waals surface area contributed by atoms with Crippen LogP contribution in [-0.4, -0.2) is 27.7 Å². The molecule has 76 valence electrons. The Morgan fingerprint density at radius 1 is 1.64 bits per heavy atom. The summed E-state index contributed by atoms with van der Waals surface area (Å²) in [6.07, 6.45) is 4.66. The van der Waals surface area contributed by atoms with Crippen LogP contribution in [-0.2, 0) is 4.74 Å². The van der Waals surface area contributed by atoms with Crippen LogP contribution in [0.3, 0.4) is 0 Å². The largest absolute Gasteiger partial charge is 0.475 e. The van der Waals surface area contributed by atoms with Crippen molar-refractivity contribution < 1.29 is 14.6 Å². The molecular weight excluding hydrogens is 184 g/mol. The zero-order chi connectivity index (χ0) is 9.97. The van der Waals surface area contributed by atoms with Gasteiger partial charge in [0.05, 0.1) is 18.0 Å². The molecule has 2 rings (SSSR count). The van der Waals surface area contributed by atoms with Crippen molar-refractivity contribution in [2.24, 2.45) is 0 Å². The van der Waals surface area contributed by atoms with Crippen molar-refractivity contribution in [3.63, 3.8) is 0 Å². The first kappa shape index (κ1) is 9.21. The van der Waals surface area contributed by atoms with Gasteiger partial charge in [-0.25, -0.2) is 9.78 Å². The minimum atomic E-state index is -1.04. The lowest BCUT2D eigenvalue weighted by Gasteiger charge is -2.20. The predicted molar refractivity (Wildman–Crippen MR) is 48.1 cm³/mol. The highest BCUT2D eigenvalue weighted by Gasteiger charge is 2.19. The van der Waals surface area contributed by atoms with Crippen LogP contribution in [0.25, 0.3) is 0 Å². The van der Waals surface area contributed by atoms with E-state index >= 15 is 0 Å². The molecule has 2 N–H and O–H groups in total. The number of H-pyrrole nitrogens is 1. The summed E-state index contributed by atoms with van der Waals surface area (Å²) in [7, 11) is 0. The molecule has 0 spiro atoms. The van der Waals surface area contributed by atoms with Gasteiger partial charge in [0.1, 0.15) is 0 Å². The van der Waals surface area contributed by atoms with Crippen molar-refractivity contribution in [3.05, 3.63) is 17.7 Å². The summed E-state index contributed by atoms with van der Waals surface area (Å²) in [6, 6.07) is 0. The van der Waals surface area contributed by atoms with Crippen molar-refractivity contribution in [2.45, 2.75) is 25.4 Å². The van der Waals surface area contributed by atoms with Gasteiger partial charge in [-0.15, -0.1) is 0 Å². The van der Waals surface area contributed by atoms with Gasteiger partial charge in [0.25, 0.3) is 0 Å².